The van der Waals surface area contributed by atoms with Crippen LogP contribution in [-0.2, 0) is 6.42 Å². The number of rotatable bonds is 4. The van der Waals surface area contributed by atoms with Gasteiger partial charge in [-0.1, -0.05) is 38.9 Å². The van der Waals surface area contributed by atoms with Gasteiger partial charge in [-0.05, 0) is 24.6 Å². The standard InChI is InChI=1S/C11H9BrCl2N2S/c12-7-3-4-9(14)8(6-7)11-16-15-10(17-11)2-1-5-13/h3-4,6H,1-2,5H2. The summed E-state index contributed by atoms with van der Waals surface area (Å²) in [5.41, 5.74) is 0.913. The number of hydrogen-bond donors (Lipinski definition) is 0. The summed E-state index contributed by atoms with van der Waals surface area (Å²) in [4.78, 5) is 0. The highest BCUT2D eigenvalue weighted by Gasteiger charge is 2.10. The van der Waals surface area contributed by atoms with Gasteiger partial charge in [-0.3, -0.25) is 0 Å². The Hall–Kier alpha value is -0.160. The normalized spacial score (nSPS) is 10.8. The summed E-state index contributed by atoms with van der Waals surface area (Å²) < 4.78 is 0.981. The van der Waals surface area contributed by atoms with Crippen LogP contribution in [0, 0.1) is 0 Å². The predicted molar refractivity (Wildman–Crippen MR) is 77.1 cm³/mol. The summed E-state index contributed by atoms with van der Waals surface area (Å²) in [6, 6.07) is 5.70. The maximum Gasteiger partial charge on any atom is 0.149 e. The number of nitrogens with zero attached hydrogens (tertiary/aromatic N) is 2. The summed E-state index contributed by atoms with van der Waals surface area (Å²) in [5, 5.41) is 10.8. The first-order valence-corrected chi connectivity index (χ1v) is 7.56. The summed E-state index contributed by atoms with van der Waals surface area (Å²) in [5.74, 6) is 0.645. The van der Waals surface area contributed by atoms with Crippen molar-refractivity contribution in [2.45, 2.75) is 12.8 Å². The van der Waals surface area contributed by atoms with Crippen LogP contribution in [-0.4, -0.2) is 16.1 Å². The van der Waals surface area contributed by atoms with Gasteiger partial charge in [-0.15, -0.1) is 21.8 Å². The van der Waals surface area contributed by atoms with Crippen molar-refractivity contribution in [2.24, 2.45) is 0 Å². The minimum atomic E-state index is 0.645. The topological polar surface area (TPSA) is 25.8 Å². The number of alkyl halides is 1. The molecule has 0 saturated heterocycles. The molecular weight excluding hydrogens is 343 g/mol. The minimum Gasteiger partial charge on any atom is -0.143 e. The molecular formula is C11H9BrCl2N2S. The highest BCUT2D eigenvalue weighted by atomic mass is 79.9. The third-order valence-corrected chi connectivity index (χ3v) is 4.26. The van der Waals surface area contributed by atoms with Crippen LogP contribution in [0.25, 0.3) is 10.6 Å². The fraction of sp³-hybridized carbons (Fsp3) is 0.273. The van der Waals surface area contributed by atoms with E-state index < -0.39 is 0 Å². The second-order valence-electron chi connectivity index (χ2n) is 3.42. The van der Waals surface area contributed by atoms with Gasteiger partial charge in [0.25, 0.3) is 0 Å². The Kier molecular flexibility index (Phi) is 4.79. The lowest BCUT2D eigenvalue weighted by atomic mass is 10.2. The van der Waals surface area contributed by atoms with E-state index in [-0.39, 0.29) is 0 Å². The SMILES string of the molecule is ClCCCc1nnc(-c2cc(Br)ccc2Cl)s1. The van der Waals surface area contributed by atoms with E-state index in [1.807, 2.05) is 18.2 Å². The molecule has 1 aromatic carbocycles. The van der Waals surface area contributed by atoms with E-state index >= 15 is 0 Å². The average molecular weight is 352 g/mol. The Morgan fingerprint density at radius 3 is 2.88 bits per heavy atom. The highest BCUT2D eigenvalue weighted by molar-refractivity contribution is 9.10. The van der Waals surface area contributed by atoms with Crippen molar-refractivity contribution in [3.8, 4) is 10.6 Å². The van der Waals surface area contributed by atoms with Crippen LogP contribution >= 0.6 is 50.5 Å². The van der Waals surface area contributed by atoms with Gasteiger partial charge in [-0.25, -0.2) is 0 Å². The average Bonchev–Trinajstić information content (AvgIpc) is 2.78. The lowest BCUT2D eigenvalue weighted by Crippen LogP contribution is -1.84. The molecule has 1 heterocycles. The molecule has 0 saturated carbocycles. The van der Waals surface area contributed by atoms with E-state index in [2.05, 4.69) is 26.1 Å². The molecule has 0 radical (unpaired) electrons. The second-order valence-corrected chi connectivity index (χ2v) is 6.18. The Bertz CT molecular complexity index is 516. The zero-order valence-electron chi connectivity index (χ0n) is 8.79. The van der Waals surface area contributed by atoms with Crippen LogP contribution in [0.2, 0.25) is 5.02 Å². The second kappa shape index (κ2) is 6.14. The summed E-state index contributed by atoms with van der Waals surface area (Å²) in [6.45, 7) is 0. The van der Waals surface area contributed by atoms with Gasteiger partial charge in [0.15, 0.2) is 0 Å². The van der Waals surface area contributed by atoms with Crippen LogP contribution in [0.1, 0.15) is 11.4 Å². The molecule has 0 bridgehead atoms. The Morgan fingerprint density at radius 1 is 1.29 bits per heavy atom. The highest BCUT2D eigenvalue weighted by Crippen LogP contribution is 2.32. The molecule has 17 heavy (non-hydrogen) atoms. The zero-order chi connectivity index (χ0) is 12.3. The molecule has 0 aliphatic heterocycles. The molecule has 0 aliphatic rings. The van der Waals surface area contributed by atoms with Crippen LogP contribution in [0.3, 0.4) is 0 Å². The Labute approximate surface area is 122 Å². The molecule has 0 aliphatic carbocycles. The molecule has 0 atom stereocenters. The molecule has 90 valence electrons. The smallest absolute Gasteiger partial charge is 0.143 e. The van der Waals surface area contributed by atoms with E-state index in [1.165, 1.54) is 0 Å². The van der Waals surface area contributed by atoms with E-state index in [0.29, 0.717) is 10.9 Å². The molecule has 2 rings (SSSR count). The first kappa shape index (κ1) is 13.3. The van der Waals surface area contributed by atoms with E-state index in [4.69, 9.17) is 23.2 Å². The molecule has 2 aromatic rings. The van der Waals surface area contributed by atoms with Crippen LogP contribution < -0.4 is 0 Å². The first-order valence-electron chi connectivity index (χ1n) is 5.04. The van der Waals surface area contributed by atoms with Crippen molar-refractivity contribution in [3.63, 3.8) is 0 Å². The van der Waals surface area contributed by atoms with Crippen LogP contribution in [0.15, 0.2) is 22.7 Å². The lowest BCUT2D eigenvalue weighted by molar-refractivity contribution is 0.884. The van der Waals surface area contributed by atoms with Crippen molar-refractivity contribution >= 4 is 50.5 Å². The fourth-order valence-electron chi connectivity index (χ4n) is 1.34. The van der Waals surface area contributed by atoms with Crippen LogP contribution in [0.4, 0.5) is 0 Å². The third-order valence-electron chi connectivity index (χ3n) is 2.15. The maximum atomic E-state index is 6.14. The lowest BCUT2D eigenvalue weighted by Gasteiger charge is -1.99. The quantitative estimate of drug-likeness (QED) is 0.740. The van der Waals surface area contributed by atoms with E-state index in [9.17, 15) is 0 Å². The molecule has 2 nitrogen and oxygen atoms in total. The van der Waals surface area contributed by atoms with E-state index in [1.54, 1.807) is 11.3 Å². The van der Waals surface area contributed by atoms with Gasteiger partial charge in [0.2, 0.25) is 0 Å². The molecule has 0 spiro atoms. The van der Waals surface area contributed by atoms with Crippen LogP contribution in [0.5, 0.6) is 0 Å². The molecule has 0 N–H and O–H groups in total. The first-order chi connectivity index (χ1) is 8.20. The van der Waals surface area contributed by atoms with Crippen molar-refractivity contribution in [1.29, 1.82) is 0 Å². The van der Waals surface area contributed by atoms with Gasteiger partial charge in [0, 0.05) is 22.3 Å². The summed E-state index contributed by atoms with van der Waals surface area (Å²) >= 11 is 16.8. The molecule has 1 aromatic heterocycles. The monoisotopic (exact) mass is 350 g/mol. The van der Waals surface area contributed by atoms with Crippen molar-refractivity contribution < 1.29 is 0 Å². The maximum absolute atomic E-state index is 6.14. The van der Waals surface area contributed by atoms with E-state index in [0.717, 1.165) is 32.9 Å². The van der Waals surface area contributed by atoms with Crippen molar-refractivity contribution in [1.82, 2.24) is 10.2 Å². The van der Waals surface area contributed by atoms with Gasteiger partial charge in [0.05, 0.1) is 5.02 Å². The zero-order valence-corrected chi connectivity index (χ0v) is 12.7. The van der Waals surface area contributed by atoms with Gasteiger partial charge < -0.3 is 0 Å². The minimum absolute atomic E-state index is 0.645. The number of hydrogen-bond acceptors (Lipinski definition) is 3. The van der Waals surface area contributed by atoms with Crippen molar-refractivity contribution in [3.05, 3.63) is 32.7 Å². The number of halogens is 3. The largest absolute Gasteiger partial charge is 0.149 e. The molecule has 6 heteroatoms. The Balaban J connectivity index is 2.27. The number of aryl methyl sites for hydroxylation is 1. The summed E-state index contributed by atoms with van der Waals surface area (Å²) in [7, 11) is 0. The Morgan fingerprint density at radius 2 is 2.12 bits per heavy atom. The number of aromatic nitrogens is 2. The molecule has 0 amide bonds. The van der Waals surface area contributed by atoms with Gasteiger partial charge >= 0.3 is 0 Å². The van der Waals surface area contributed by atoms with Crippen molar-refractivity contribution in [2.75, 3.05) is 5.88 Å². The van der Waals surface area contributed by atoms with Gasteiger partial charge in [0.1, 0.15) is 10.0 Å². The summed E-state index contributed by atoms with van der Waals surface area (Å²) in [6.07, 6.45) is 1.79. The number of benzene rings is 1. The predicted octanol–water partition coefficient (Wildman–Crippen LogP) is 4.79. The molecule has 0 fully saturated rings. The van der Waals surface area contributed by atoms with Gasteiger partial charge in [-0.2, -0.15) is 0 Å². The fourth-order valence-corrected chi connectivity index (χ4v) is 3.01. The molecule has 0 unspecified atom stereocenters. The third kappa shape index (κ3) is 3.41.